The van der Waals surface area contributed by atoms with Crippen molar-refractivity contribution in [3.05, 3.63) is 17.8 Å². The van der Waals surface area contributed by atoms with Crippen molar-refractivity contribution in [2.75, 3.05) is 19.0 Å². The van der Waals surface area contributed by atoms with Gasteiger partial charge in [0.15, 0.2) is 0 Å². The molecular weight excluding hydrogens is 280 g/mol. The lowest BCUT2D eigenvalue weighted by Crippen LogP contribution is -2.47. The van der Waals surface area contributed by atoms with Crippen LogP contribution in [-0.2, 0) is 9.53 Å². The average molecular weight is 306 g/mol. The number of aryl methyl sites for hydroxylation is 1. The van der Waals surface area contributed by atoms with Crippen molar-refractivity contribution < 1.29 is 14.3 Å². The lowest BCUT2D eigenvalue weighted by atomic mass is 9.83. The van der Waals surface area contributed by atoms with Crippen molar-refractivity contribution in [3.63, 3.8) is 0 Å². The Balaban J connectivity index is 2.11. The first-order valence-electron chi connectivity index (χ1n) is 8.07. The number of nitrogens with one attached hydrogen (secondary N) is 1. The van der Waals surface area contributed by atoms with Crippen LogP contribution in [0.3, 0.4) is 0 Å². The molecule has 0 atom stereocenters. The summed E-state index contributed by atoms with van der Waals surface area (Å²) in [6, 6.07) is 1.88. The molecule has 5 heteroatoms. The van der Waals surface area contributed by atoms with Gasteiger partial charge < -0.3 is 14.8 Å². The quantitative estimate of drug-likeness (QED) is 0.874. The van der Waals surface area contributed by atoms with E-state index in [2.05, 4.69) is 17.2 Å². The highest BCUT2D eigenvalue weighted by molar-refractivity contribution is 5.97. The molecule has 5 nitrogen and oxygen atoms in total. The zero-order chi connectivity index (χ0) is 16.0. The molecule has 1 aromatic heterocycles. The number of anilines is 1. The van der Waals surface area contributed by atoms with Crippen LogP contribution in [0.2, 0.25) is 0 Å². The molecule has 0 saturated heterocycles. The van der Waals surface area contributed by atoms with Crippen LogP contribution in [0.4, 0.5) is 5.69 Å². The number of hydrogen-bond donors (Lipinski definition) is 1. The van der Waals surface area contributed by atoms with E-state index in [4.69, 9.17) is 9.47 Å². The zero-order valence-electron chi connectivity index (χ0n) is 13.8. The van der Waals surface area contributed by atoms with Gasteiger partial charge in [0.25, 0.3) is 5.91 Å². The molecule has 1 heterocycles. The average Bonchev–Trinajstić information content (AvgIpc) is 2.54. The van der Waals surface area contributed by atoms with Gasteiger partial charge in [-0.3, -0.25) is 4.79 Å². The Bertz CT molecular complexity index is 511. The monoisotopic (exact) mass is 306 g/mol. The maximum absolute atomic E-state index is 12.8. The highest BCUT2D eigenvalue weighted by atomic mass is 16.5. The molecule has 0 aliphatic heterocycles. The molecule has 1 aliphatic rings. The van der Waals surface area contributed by atoms with Crippen molar-refractivity contribution in [1.82, 2.24) is 4.98 Å². The summed E-state index contributed by atoms with van der Waals surface area (Å²) in [7, 11) is 1.59. The molecule has 1 aromatic rings. The van der Waals surface area contributed by atoms with Crippen LogP contribution in [0, 0.1) is 6.92 Å². The van der Waals surface area contributed by atoms with Crippen LogP contribution in [0.15, 0.2) is 12.3 Å². The molecular formula is C17H26N2O3. The Hall–Kier alpha value is -1.62. The van der Waals surface area contributed by atoms with Gasteiger partial charge in [0.2, 0.25) is 5.88 Å². The molecule has 2 rings (SSSR count). The molecule has 22 heavy (non-hydrogen) atoms. The maximum atomic E-state index is 12.8. The molecule has 0 aromatic carbocycles. The lowest BCUT2D eigenvalue weighted by Gasteiger charge is -2.35. The summed E-state index contributed by atoms with van der Waals surface area (Å²) in [5.74, 6) is 0.527. The molecule has 0 spiro atoms. The van der Waals surface area contributed by atoms with Gasteiger partial charge in [0.05, 0.1) is 19.0 Å². The van der Waals surface area contributed by atoms with Gasteiger partial charge in [-0.25, -0.2) is 4.98 Å². The molecule has 122 valence electrons. The molecule has 1 saturated carbocycles. The SMILES string of the molecule is CCCOC1(C(=O)Nc2cnc(OC)c(C)c2)CCCCC1. The lowest BCUT2D eigenvalue weighted by molar-refractivity contribution is -0.146. The highest BCUT2D eigenvalue weighted by Gasteiger charge is 2.40. The number of carbonyl (C=O) groups excluding carboxylic acids is 1. The highest BCUT2D eigenvalue weighted by Crippen LogP contribution is 2.33. The van der Waals surface area contributed by atoms with Crippen molar-refractivity contribution >= 4 is 11.6 Å². The summed E-state index contributed by atoms with van der Waals surface area (Å²) in [6.45, 7) is 4.59. The van der Waals surface area contributed by atoms with Crippen LogP contribution >= 0.6 is 0 Å². The van der Waals surface area contributed by atoms with Gasteiger partial charge in [0, 0.05) is 12.2 Å². The standard InChI is InChI=1S/C17H26N2O3/c1-4-10-22-17(8-6-5-7-9-17)16(20)19-14-11-13(2)15(21-3)18-12-14/h11-12H,4-10H2,1-3H3,(H,19,20). The van der Waals surface area contributed by atoms with E-state index in [1.165, 1.54) is 6.42 Å². The molecule has 1 aliphatic carbocycles. The van der Waals surface area contributed by atoms with Gasteiger partial charge in [-0.05, 0) is 32.3 Å². The summed E-state index contributed by atoms with van der Waals surface area (Å²) in [5, 5.41) is 2.97. The summed E-state index contributed by atoms with van der Waals surface area (Å²) in [4.78, 5) is 17.0. The van der Waals surface area contributed by atoms with Crippen LogP contribution in [0.1, 0.15) is 51.0 Å². The Morgan fingerprint density at radius 3 is 2.68 bits per heavy atom. The van der Waals surface area contributed by atoms with Gasteiger partial charge >= 0.3 is 0 Å². The smallest absolute Gasteiger partial charge is 0.256 e. The number of aromatic nitrogens is 1. The van der Waals surface area contributed by atoms with Crippen molar-refractivity contribution in [2.24, 2.45) is 0 Å². The fourth-order valence-electron chi connectivity index (χ4n) is 2.95. The topological polar surface area (TPSA) is 60.5 Å². The first-order chi connectivity index (χ1) is 10.6. The maximum Gasteiger partial charge on any atom is 0.256 e. The second-order valence-electron chi connectivity index (χ2n) is 5.91. The minimum atomic E-state index is -0.678. The third kappa shape index (κ3) is 3.77. The Morgan fingerprint density at radius 1 is 1.36 bits per heavy atom. The van der Waals surface area contributed by atoms with Crippen molar-refractivity contribution in [2.45, 2.75) is 58.0 Å². The van der Waals surface area contributed by atoms with E-state index in [0.717, 1.165) is 37.7 Å². The van der Waals surface area contributed by atoms with Crippen LogP contribution in [-0.4, -0.2) is 30.2 Å². The van der Waals surface area contributed by atoms with Crippen LogP contribution < -0.4 is 10.1 Å². The Labute approximate surface area is 132 Å². The molecule has 0 unspecified atom stereocenters. The summed E-state index contributed by atoms with van der Waals surface area (Å²) >= 11 is 0. The van der Waals surface area contributed by atoms with E-state index >= 15 is 0 Å². The van der Waals surface area contributed by atoms with Gasteiger partial charge in [-0.15, -0.1) is 0 Å². The van der Waals surface area contributed by atoms with Gasteiger partial charge in [0.1, 0.15) is 5.60 Å². The second-order valence-corrected chi connectivity index (χ2v) is 5.91. The number of nitrogens with zero attached hydrogens (tertiary/aromatic N) is 1. The second kappa shape index (κ2) is 7.58. The number of rotatable bonds is 6. The largest absolute Gasteiger partial charge is 0.481 e. The number of amides is 1. The van der Waals surface area contributed by atoms with E-state index in [-0.39, 0.29) is 5.91 Å². The summed E-state index contributed by atoms with van der Waals surface area (Å²) in [6.07, 6.45) is 7.38. The number of hydrogen-bond acceptors (Lipinski definition) is 4. The van der Waals surface area contributed by atoms with Gasteiger partial charge in [-0.2, -0.15) is 0 Å². The van der Waals surface area contributed by atoms with Crippen LogP contribution in [0.5, 0.6) is 5.88 Å². The summed E-state index contributed by atoms with van der Waals surface area (Å²) in [5.41, 5.74) is 0.906. The third-order valence-corrected chi connectivity index (χ3v) is 4.14. The Morgan fingerprint density at radius 2 is 2.09 bits per heavy atom. The molecule has 0 bridgehead atoms. The molecule has 1 N–H and O–H groups in total. The van der Waals surface area contributed by atoms with Crippen LogP contribution in [0.25, 0.3) is 0 Å². The first kappa shape index (κ1) is 16.7. The summed E-state index contributed by atoms with van der Waals surface area (Å²) < 4.78 is 11.1. The van der Waals surface area contributed by atoms with E-state index in [9.17, 15) is 4.79 Å². The first-order valence-corrected chi connectivity index (χ1v) is 8.07. The van der Waals surface area contributed by atoms with Gasteiger partial charge in [-0.1, -0.05) is 26.2 Å². The molecule has 1 fully saturated rings. The fraction of sp³-hybridized carbons (Fsp3) is 0.647. The molecule has 1 amide bonds. The number of carbonyl (C=O) groups is 1. The fourth-order valence-corrected chi connectivity index (χ4v) is 2.95. The third-order valence-electron chi connectivity index (χ3n) is 4.14. The number of ether oxygens (including phenoxy) is 2. The predicted molar refractivity (Wildman–Crippen MR) is 86.2 cm³/mol. The van der Waals surface area contributed by atoms with E-state index in [1.807, 2.05) is 13.0 Å². The molecule has 0 radical (unpaired) electrons. The van der Waals surface area contributed by atoms with Crippen molar-refractivity contribution in [1.29, 1.82) is 0 Å². The minimum absolute atomic E-state index is 0.0491. The van der Waals surface area contributed by atoms with E-state index in [1.54, 1.807) is 13.3 Å². The predicted octanol–water partition coefficient (Wildman–Crippen LogP) is 3.47. The zero-order valence-corrected chi connectivity index (χ0v) is 13.8. The number of methoxy groups -OCH3 is 1. The van der Waals surface area contributed by atoms with Crippen molar-refractivity contribution in [3.8, 4) is 5.88 Å². The van der Waals surface area contributed by atoms with E-state index in [0.29, 0.717) is 18.2 Å². The minimum Gasteiger partial charge on any atom is -0.481 e. The number of pyridine rings is 1. The van der Waals surface area contributed by atoms with E-state index < -0.39 is 5.60 Å². The Kier molecular flexibility index (Phi) is 5.77. The normalized spacial score (nSPS) is 17.0.